The Morgan fingerprint density at radius 1 is 1.35 bits per heavy atom. The maximum absolute atomic E-state index is 13.6. The molecule has 0 saturated heterocycles. The summed E-state index contributed by atoms with van der Waals surface area (Å²) >= 11 is 1.58. The van der Waals surface area contributed by atoms with Gasteiger partial charge in [0, 0.05) is 41.9 Å². The van der Waals surface area contributed by atoms with Crippen molar-refractivity contribution in [2.24, 2.45) is 0 Å². The Labute approximate surface area is 183 Å². The first kappa shape index (κ1) is 21.0. The lowest BCUT2D eigenvalue weighted by Gasteiger charge is -2.23. The van der Waals surface area contributed by atoms with Crippen molar-refractivity contribution in [1.29, 1.82) is 0 Å². The van der Waals surface area contributed by atoms with Gasteiger partial charge in [0.15, 0.2) is 5.82 Å². The van der Waals surface area contributed by atoms with E-state index in [-0.39, 0.29) is 23.7 Å². The van der Waals surface area contributed by atoms with Crippen molar-refractivity contribution < 1.29 is 14.0 Å². The topological polar surface area (TPSA) is 74.3 Å². The first-order chi connectivity index (χ1) is 14.8. The molecular weight excluding hydrogens is 415 g/mol. The molecule has 160 valence electrons. The summed E-state index contributed by atoms with van der Waals surface area (Å²) in [5.74, 6) is 0.00983. The Morgan fingerprint density at radius 2 is 2.16 bits per heavy atom. The minimum atomic E-state index is -0.261. The van der Waals surface area contributed by atoms with E-state index in [2.05, 4.69) is 15.6 Å². The summed E-state index contributed by atoms with van der Waals surface area (Å²) in [7, 11) is 1.76. The zero-order valence-electron chi connectivity index (χ0n) is 17.5. The van der Waals surface area contributed by atoms with Gasteiger partial charge in [-0.3, -0.25) is 9.59 Å². The fraction of sp³-hybridized carbons (Fsp3) is 0.261. The van der Waals surface area contributed by atoms with Gasteiger partial charge in [-0.25, -0.2) is 9.37 Å². The number of pyridine rings is 1. The molecule has 8 heteroatoms. The van der Waals surface area contributed by atoms with E-state index in [1.54, 1.807) is 47.7 Å². The third-order valence-corrected chi connectivity index (χ3v) is 6.94. The van der Waals surface area contributed by atoms with Crippen LogP contribution in [0.2, 0.25) is 0 Å². The molecule has 1 aliphatic rings. The molecule has 0 bridgehead atoms. The van der Waals surface area contributed by atoms with Crippen molar-refractivity contribution in [3.8, 4) is 0 Å². The van der Waals surface area contributed by atoms with Crippen LogP contribution in [0.3, 0.4) is 0 Å². The number of halogens is 1. The number of hydrogen-bond donors (Lipinski definition) is 2. The highest BCUT2D eigenvalue weighted by Crippen LogP contribution is 2.37. The molecule has 31 heavy (non-hydrogen) atoms. The van der Waals surface area contributed by atoms with E-state index in [0.717, 1.165) is 31.8 Å². The minimum absolute atomic E-state index is 0.0768. The van der Waals surface area contributed by atoms with Crippen LogP contribution in [0.1, 0.15) is 35.4 Å². The summed E-state index contributed by atoms with van der Waals surface area (Å²) in [4.78, 5) is 31.4. The Morgan fingerprint density at radius 3 is 2.97 bits per heavy atom. The van der Waals surface area contributed by atoms with Crippen LogP contribution in [-0.4, -0.2) is 35.3 Å². The van der Waals surface area contributed by atoms with Gasteiger partial charge in [-0.2, -0.15) is 0 Å². The summed E-state index contributed by atoms with van der Waals surface area (Å²) in [6.07, 6.45) is 5.22. The number of carbonyl (C=O) groups excluding carboxylic acids is 2. The number of amides is 2. The maximum Gasteiger partial charge on any atom is 0.246 e. The van der Waals surface area contributed by atoms with Crippen LogP contribution >= 0.6 is 11.3 Å². The number of nitrogens with zero attached hydrogens (tertiary/aromatic N) is 2. The fourth-order valence-electron chi connectivity index (χ4n) is 3.57. The van der Waals surface area contributed by atoms with Gasteiger partial charge >= 0.3 is 0 Å². The Kier molecular flexibility index (Phi) is 5.73. The van der Waals surface area contributed by atoms with Gasteiger partial charge in [0.2, 0.25) is 11.8 Å². The lowest BCUT2D eigenvalue weighted by molar-refractivity contribution is -0.126. The van der Waals surface area contributed by atoms with Gasteiger partial charge in [0.25, 0.3) is 0 Å². The van der Waals surface area contributed by atoms with Gasteiger partial charge < -0.3 is 15.5 Å². The van der Waals surface area contributed by atoms with E-state index in [4.69, 9.17) is 0 Å². The second-order valence-corrected chi connectivity index (χ2v) is 8.66. The number of aromatic nitrogens is 1. The summed E-state index contributed by atoms with van der Waals surface area (Å²) in [5.41, 5.74) is 2.49. The van der Waals surface area contributed by atoms with Crippen LogP contribution in [-0.2, 0) is 9.59 Å². The molecule has 0 spiro atoms. The third kappa shape index (κ3) is 4.29. The average Bonchev–Trinajstić information content (AvgIpc) is 2.95. The standard InChI is InChI=1S/C23H23FN4O2S/c1-13-17-11-16(24)5-6-19(17)31-22(13)14(2)28(3)21(30)7-4-15-10-18-23(26-12-15)27-20(29)8-9-25-18/h4-7,10-12,14,25H,8-9H2,1-3H3,(H,26,27,29)/t14-/m1/s1. The highest BCUT2D eigenvalue weighted by molar-refractivity contribution is 7.19. The second kappa shape index (κ2) is 8.47. The molecule has 3 aromatic rings. The normalized spacial score (nSPS) is 14.6. The van der Waals surface area contributed by atoms with Crippen LogP contribution in [0.5, 0.6) is 0 Å². The summed E-state index contributed by atoms with van der Waals surface area (Å²) < 4.78 is 14.6. The van der Waals surface area contributed by atoms with Gasteiger partial charge in [-0.1, -0.05) is 0 Å². The van der Waals surface area contributed by atoms with E-state index in [1.807, 2.05) is 19.9 Å². The van der Waals surface area contributed by atoms with E-state index in [1.165, 1.54) is 12.1 Å². The Bertz CT molecular complexity index is 1200. The lowest BCUT2D eigenvalue weighted by Crippen LogP contribution is -2.27. The molecule has 2 aromatic heterocycles. The zero-order valence-corrected chi connectivity index (χ0v) is 18.3. The lowest BCUT2D eigenvalue weighted by atomic mass is 10.1. The van der Waals surface area contributed by atoms with Crippen LogP contribution < -0.4 is 10.6 Å². The number of carbonyl (C=O) groups is 2. The van der Waals surface area contributed by atoms with Gasteiger partial charge in [-0.15, -0.1) is 11.3 Å². The highest BCUT2D eigenvalue weighted by Gasteiger charge is 2.21. The smallest absolute Gasteiger partial charge is 0.246 e. The number of hydrogen-bond acceptors (Lipinski definition) is 5. The first-order valence-electron chi connectivity index (χ1n) is 10.0. The first-order valence-corrected chi connectivity index (χ1v) is 10.8. The minimum Gasteiger partial charge on any atom is -0.382 e. The van der Waals surface area contributed by atoms with Crippen molar-refractivity contribution >= 4 is 50.8 Å². The molecule has 1 aromatic carbocycles. The predicted octanol–water partition coefficient (Wildman–Crippen LogP) is 4.73. The number of fused-ring (bicyclic) bond motifs is 2. The molecule has 3 heterocycles. The number of aryl methyl sites for hydroxylation is 1. The number of rotatable bonds is 4. The van der Waals surface area contributed by atoms with Crippen LogP contribution in [0.15, 0.2) is 36.5 Å². The molecule has 1 atom stereocenters. The highest BCUT2D eigenvalue weighted by atomic mass is 32.1. The van der Waals surface area contributed by atoms with E-state index in [0.29, 0.717) is 18.8 Å². The van der Waals surface area contributed by atoms with Gasteiger partial charge in [-0.05, 0) is 60.7 Å². The van der Waals surface area contributed by atoms with E-state index < -0.39 is 0 Å². The van der Waals surface area contributed by atoms with Crippen LogP contribution in [0, 0.1) is 12.7 Å². The molecule has 0 saturated carbocycles. The Hall–Kier alpha value is -3.26. The number of anilines is 2. The third-order valence-electron chi connectivity index (χ3n) is 5.50. The van der Waals surface area contributed by atoms with E-state index in [9.17, 15) is 14.0 Å². The van der Waals surface area contributed by atoms with Crippen LogP contribution in [0.25, 0.3) is 16.2 Å². The van der Waals surface area contributed by atoms with E-state index >= 15 is 0 Å². The van der Waals surface area contributed by atoms with Crippen molar-refractivity contribution in [1.82, 2.24) is 9.88 Å². The number of thiophene rings is 1. The molecule has 1 aliphatic heterocycles. The summed E-state index contributed by atoms with van der Waals surface area (Å²) in [6, 6.07) is 6.48. The summed E-state index contributed by atoms with van der Waals surface area (Å²) in [6.45, 7) is 4.47. The number of benzene rings is 1. The van der Waals surface area contributed by atoms with Crippen molar-refractivity contribution in [2.75, 3.05) is 24.2 Å². The number of nitrogens with one attached hydrogen (secondary N) is 2. The molecule has 4 rings (SSSR count). The molecule has 0 aliphatic carbocycles. The second-order valence-electron chi connectivity index (χ2n) is 7.58. The van der Waals surface area contributed by atoms with Gasteiger partial charge in [0.05, 0.1) is 11.7 Å². The number of likely N-dealkylation sites (N-methyl/N-ethyl adjacent to an activating group) is 1. The SMILES string of the molecule is Cc1c([C@@H](C)N(C)C(=O)C=Cc2cnc3c(c2)NCCC(=O)N3)sc2ccc(F)cc12. The van der Waals surface area contributed by atoms with Crippen LogP contribution in [0.4, 0.5) is 15.9 Å². The maximum atomic E-state index is 13.6. The average molecular weight is 439 g/mol. The molecular formula is C23H23FN4O2S. The molecule has 2 amide bonds. The molecule has 2 N–H and O–H groups in total. The monoisotopic (exact) mass is 438 g/mol. The zero-order chi connectivity index (χ0) is 22.1. The van der Waals surface area contributed by atoms with Crippen molar-refractivity contribution in [2.45, 2.75) is 26.3 Å². The predicted molar refractivity (Wildman–Crippen MR) is 123 cm³/mol. The fourth-order valence-corrected chi connectivity index (χ4v) is 4.86. The molecule has 0 fully saturated rings. The largest absolute Gasteiger partial charge is 0.382 e. The molecule has 0 unspecified atom stereocenters. The van der Waals surface area contributed by atoms with Gasteiger partial charge in [0.1, 0.15) is 5.82 Å². The quantitative estimate of drug-likeness (QED) is 0.578. The summed E-state index contributed by atoms with van der Waals surface area (Å²) in [5, 5.41) is 6.81. The molecule has 0 radical (unpaired) electrons. The van der Waals surface area contributed by atoms with Crippen molar-refractivity contribution in [3.05, 3.63) is 58.4 Å². The molecule has 6 nitrogen and oxygen atoms in total. The van der Waals surface area contributed by atoms with Crippen molar-refractivity contribution in [3.63, 3.8) is 0 Å². The Balaban J connectivity index is 1.51.